The van der Waals surface area contributed by atoms with Gasteiger partial charge in [0, 0.05) is 18.3 Å². The number of ether oxygens (including phenoxy) is 3. The summed E-state index contributed by atoms with van der Waals surface area (Å²) in [6.45, 7) is -0.410. The molecule has 0 unspecified atom stereocenters. The summed E-state index contributed by atoms with van der Waals surface area (Å²) >= 11 is 0. The van der Waals surface area contributed by atoms with E-state index >= 15 is 0 Å². The highest BCUT2D eigenvalue weighted by Crippen LogP contribution is 2.34. The first kappa shape index (κ1) is 18.9. The van der Waals surface area contributed by atoms with Gasteiger partial charge in [-0.2, -0.15) is 8.78 Å². The number of anilines is 1. The molecule has 1 amide bonds. The molecule has 1 aliphatic heterocycles. The van der Waals surface area contributed by atoms with Gasteiger partial charge in [0.05, 0.1) is 6.04 Å². The Kier molecular flexibility index (Phi) is 5.75. The molecule has 0 saturated carbocycles. The fraction of sp³-hybridized carbons (Fsp3) is 0.316. The zero-order chi connectivity index (χ0) is 19.4. The van der Waals surface area contributed by atoms with Crippen molar-refractivity contribution in [1.29, 1.82) is 0 Å². The number of fused-ring (bicyclic) bond motifs is 1. The van der Waals surface area contributed by atoms with Crippen LogP contribution >= 0.6 is 0 Å². The maximum atomic E-state index is 12.5. The Bertz CT molecular complexity index is 799. The van der Waals surface area contributed by atoms with Gasteiger partial charge in [0.25, 0.3) is 0 Å². The van der Waals surface area contributed by atoms with E-state index < -0.39 is 12.7 Å². The van der Waals surface area contributed by atoms with E-state index in [0.29, 0.717) is 23.7 Å². The minimum absolute atomic E-state index is 0.102. The molecule has 0 bridgehead atoms. The molecule has 144 valence electrons. The van der Waals surface area contributed by atoms with E-state index in [2.05, 4.69) is 10.1 Å². The summed E-state index contributed by atoms with van der Waals surface area (Å²) in [5.41, 5.74) is 1.50. The molecule has 2 aromatic carbocycles. The van der Waals surface area contributed by atoms with Crippen molar-refractivity contribution in [3.05, 3.63) is 48.0 Å². The van der Waals surface area contributed by atoms with Crippen LogP contribution in [0.25, 0.3) is 0 Å². The molecule has 0 aliphatic carbocycles. The third-order valence-corrected chi connectivity index (χ3v) is 4.26. The smallest absolute Gasteiger partial charge is 0.387 e. The first-order valence-electron chi connectivity index (χ1n) is 8.37. The standard InChI is InChI=1S/C19H20F2N2O4/c1-12(18(24)22-14-5-8-16-17(9-14)26-11-25-16)23(2)10-13-3-6-15(7-4-13)27-19(20)21/h3-9,12,19H,10-11H2,1-2H3,(H,22,24)/t12-/m1/s1. The third kappa shape index (κ3) is 4.85. The van der Waals surface area contributed by atoms with Gasteiger partial charge in [-0.1, -0.05) is 12.1 Å². The van der Waals surface area contributed by atoms with Crippen LogP contribution in [-0.2, 0) is 11.3 Å². The molecule has 1 aliphatic rings. The van der Waals surface area contributed by atoms with Crippen LogP contribution in [0.15, 0.2) is 42.5 Å². The van der Waals surface area contributed by atoms with E-state index in [-0.39, 0.29) is 18.4 Å². The molecule has 0 aromatic heterocycles. The molecule has 2 aromatic rings. The molecule has 0 spiro atoms. The number of carbonyl (C=O) groups excluding carboxylic acids is 1. The summed E-state index contributed by atoms with van der Waals surface area (Å²) in [5.74, 6) is 1.18. The van der Waals surface area contributed by atoms with Gasteiger partial charge >= 0.3 is 6.61 Å². The molecular formula is C19H20F2N2O4. The van der Waals surface area contributed by atoms with Crippen LogP contribution in [0.1, 0.15) is 12.5 Å². The molecule has 6 nitrogen and oxygen atoms in total. The SMILES string of the molecule is C[C@H](C(=O)Nc1ccc2c(c1)OCO2)N(C)Cc1ccc(OC(F)F)cc1. The van der Waals surface area contributed by atoms with Crippen molar-refractivity contribution in [2.45, 2.75) is 26.1 Å². The van der Waals surface area contributed by atoms with E-state index in [1.54, 1.807) is 37.3 Å². The number of halogens is 2. The maximum Gasteiger partial charge on any atom is 0.387 e. The second-order valence-corrected chi connectivity index (χ2v) is 6.17. The topological polar surface area (TPSA) is 60.0 Å². The predicted molar refractivity (Wildman–Crippen MR) is 95.2 cm³/mol. The largest absolute Gasteiger partial charge is 0.454 e. The number of nitrogens with one attached hydrogen (secondary N) is 1. The average Bonchev–Trinajstić information content (AvgIpc) is 3.10. The zero-order valence-corrected chi connectivity index (χ0v) is 14.9. The molecular weight excluding hydrogens is 358 g/mol. The lowest BCUT2D eigenvalue weighted by Crippen LogP contribution is -2.39. The number of carbonyl (C=O) groups is 1. The zero-order valence-electron chi connectivity index (χ0n) is 14.9. The van der Waals surface area contributed by atoms with E-state index in [1.165, 1.54) is 12.1 Å². The van der Waals surface area contributed by atoms with Crippen molar-refractivity contribution < 1.29 is 27.8 Å². The number of rotatable bonds is 7. The summed E-state index contributed by atoms with van der Waals surface area (Å²) < 4.78 is 39.3. The molecule has 0 fully saturated rings. The monoisotopic (exact) mass is 378 g/mol. The summed E-state index contributed by atoms with van der Waals surface area (Å²) in [5, 5.41) is 2.85. The van der Waals surface area contributed by atoms with Crippen LogP contribution < -0.4 is 19.5 Å². The maximum absolute atomic E-state index is 12.5. The van der Waals surface area contributed by atoms with E-state index in [9.17, 15) is 13.6 Å². The van der Waals surface area contributed by atoms with Crippen molar-refractivity contribution in [1.82, 2.24) is 4.90 Å². The molecule has 1 atom stereocenters. The highest BCUT2D eigenvalue weighted by Gasteiger charge is 2.20. The molecule has 27 heavy (non-hydrogen) atoms. The van der Waals surface area contributed by atoms with Crippen LogP contribution in [0, 0.1) is 0 Å². The van der Waals surface area contributed by atoms with E-state index in [4.69, 9.17) is 9.47 Å². The lowest BCUT2D eigenvalue weighted by Gasteiger charge is -2.24. The van der Waals surface area contributed by atoms with Crippen molar-refractivity contribution in [3.63, 3.8) is 0 Å². The lowest BCUT2D eigenvalue weighted by molar-refractivity contribution is -0.120. The average molecular weight is 378 g/mol. The van der Waals surface area contributed by atoms with Crippen LogP contribution in [0.5, 0.6) is 17.2 Å². The van der Waals surface area contributed by atoms with Crippen LogP contribution in [0.2, 0.25) is 0 Å². The number of benzene rings is 2. The second kappa shape index (κ2) is 8.22. The molecule has 8 heteroatoms. The first-order valence-corrected chi connectivity index (χ1v) is 8.37. The molecule has 1 heterocycles. The van der Waals surface area contributed by atoms with Gasteiger partial charge in [-0.3, -0.25) is 9.69 Å². The number of alkyl halides is 2. The fourth-order valence-electron chi connectivity index (χ4n) is 2.62. The van der Waals surface area contributed by atoms with Crippen molar-refractivity contribution >= 4 is 11.6 Å². The van der Waals surface area contributed by atoms with Gasteiger partial charge in [0.1, 0.15) is 5.75 Å². The Morgan fingerprint density at radius 1 is 1.19 bits per heavy atom. The minimum atomic E-state index is -2.85. The van der Waals surface area contributed by atoms with Gasteiger partial charge in [-0.25, -0.2) is 0 Å². The molecule has 0 radical (unpaired) electrons. The predicted octanol–water partition coefficient (Wildman–Crippen LogP) is 3.48. The van der Waals surface area contributed by atoms with Crippen LogP contribution in [0.3, 0.4) is 0 Å². The third-order valence-electron chi connectivity index (χ3n) is 4.26. The Labute approximate surface area is 155 Å². The molecule has 1 N–H and O–H groups in total. The van der Waals surface area contributed by atoms with Crippen LogP contribution in [-0.4, -0.2) is 37.3 Å². The second-order valence-electron chi connectivity index (χ2n) is 6.17. The Morgan fingerprint density at radius 2 is 1.89 bits per heavy atom. The number of likely N-dealkylation sites (N-methyl/N-ethyl adjacent to an activating group) is 1. The summed E-state index contributed by atoms with van der Waals surface area (Å²) in [7, 11) is 1.81. The van der Waals surface area contributed by atoms with Gasteiger partial charge in [0.15, 0.2) is 11.5 Å². The van der Waals surface area contributed by atoms with Crippen molar-refractivity contribution in [2.24, 2.45) is 0 Å². The first-order chi connectivity index (χ1) is 12.9. The fourth-order valence-corrected chi connectivity index (χ4v) is 2.62. The quantitative estimate of drug-likeness (QED) is 0.799. The van der Waals surface area contributed by atoms with Crippen molar-refractivity contribution in [3.8, 4) is 17.2 Å². The van der Waals surface area contributed by atoms with E-state index in [1.807, 2.05) is 11.9 Å². The Balaban J connectivity index is 1.56. The minimum Gasteiger partial charge on any atom is -0.454 e. The number of amides is 1. The summed E-state index contributed by atoms with van der Waals surface area (Å²) in [6, 6.07) is 11.1. The molecule has 3 rings (SSSR count). The Hall–Kier alpha value is -2.87. The lowest BCUT2D eigenvalue weighted by atomic mass is 10.1. The summed E-state index contributed by atoms with van der Waals surface area (Å²) in [6.07, 6.45) is 0. The van der Waals surface area contributed by atoms with Gasteiger partial charge in [0.2, 0.25) is 12.7 Å². The Morgan fingerprint density at radius 3 is 2.59 bits per heavy atom. The summed E-state index contributed by atoms with van der Waals surface area (Å²) in [4.78, 5) is 14.3. The van der Waals surface area contributed by atoms with Gasteiger partial charge < -0.3 is 19.5 Å². The number of hydrogen-bond acceptors (Lipinski definition) is 5. The number of hydrogen-bond donors (Lipinski definition) is 1. The highest BCUT2D eigenvalue weighted by atomic mass is 19.3. The van der Waals surface area contributed by atoms with E-state index in [0.717, 1.165) is 5.56 Å². The van der Waals surface area contributed by atoms with Gasteiger partial charge in [-0.05, 0) is 43.8 Å². The van der Waals surface area contributed by atoms with Gasteiger partial charge in [-0.15, -0.1) is 0 Å². The highest BCUT2D eigenvalue weighted by molar-refractivity contribution is 5.94. The van der Waals surface area contributed by atoms with Crippen molar-refractivity contribution in [2.75, 3.05) is 19.2 Å². The number of nitrogens with zero attached hydrogens (tertiary/aromatic N) is 1. The van der Waals surface area contributed by atoms with Crippen LogP contribution in [0.4, 0.5) is 14.5 Å². The normalized spacial score (nSPS) is 13.7. The molecule has 0 saturated heterocycles.